The van der Waals surface area contributed by atoms with E-state index in [1.165, 1.54) is 0 Å². The third-order valence-electron chi connectivity index (χ3n) is 3.98. The zero-order chi connectivity index (χ0) is 13.2. The minimum Gasteiger partial charge on any atom is -0.199 e. The highest BCUT2D eigenvalue weighted by Gasteiger charge is 2.39. The van der Waals surface area contributed by atoms with Gasteiger partial charge in [-0.05, 0) is 44.4 Å². The third kappa shape index (κ3) is 3.44. The zero-order valence-corrected chi connectivity index (χ0v) is 11.6. The van der Waals surface area contributed by atoms with E-state index in [0.29, 0.717) is 18.8 Å². The molecule has 0 aromatic heterocycles. The van der Waals surface area contributed by atoms with Gasteiger partial charge in [0.1, 0.15) is 5.54 Å². The molecule has 2 fully saturated rings. The number of hydrogen-bond donors (Lipinski definition) is 2. The summed E-state index contributed by atoms with van der Waals surface area (Å²) in [6, 6.07) is 2.26. The molecule has 2 aliphatic rings. The van der Waals surface area contributed by atoms with Gasteiger partial charge in [-0.1, -0.05) is 13.3 Å². The van der Waals surface area contributed by atoms with Crippen LogP contribution in [-0.4, -0.2) is 20.0 Å². The van der Waals surface area contributed by atoms with Crippen LogP contribution in [0.15, 0.2) is 0 Å². The maximum absolute atomic E-state index is 11.9. The number of hydrogen-bond acceptors (Lipinski definition) is 3. The first-order chi connectivity index (χ1) is 8.49. The van der Waals surface area contributed by atoms with E-state index in [1.807, 2.05) is 0 Å². The van der Waals surface area contributed by atoms with Gasteiger partial charge in [-0.15, -0.1) is 0 Å². The van der Waals surface area contributed by atoms with Crippen molar-refractivity contribution in [2.24, 2.45) is 5.92 Å². The molecule has 5 nitrogen and oxygen atoms in total. The smallest absolute Gasteiger partial charge is 0.199 e. The first kappa shape index (κ1) is 13.8. The van der Waals surface area contributed by atoms with Crippen molar-refractivity contribution in [1.29, 1.82) is 5.26 Å². The van der Waals surface area contributed by atoms with Crippen LogP contribution >= 0.6 is 0 Å². The SMILES string of the molecule is CCC1CCC(C#N)(NS(=O)(=O)NC2CC2)CC1. The lowest BCUT2D eigenvalue weighted by Crippen LogP contribution is -2.53. The molecular weight excluding hydrogens is 250 g/mol. The van der Waals surface area contributed by atoms with Crippen LogP contribution in [0.4, 0.5) is 0 Å². The van der Waals surface area contributed by atoms with Gasteiger partial charge >= 0.3 is 0 Å². The predicted octanol–water partition coefficient (Wildman–Crippen LogP) is 1.44. The molecular formula is C12H21N3O2S. The molecule has 0 aromatic carbocycles. The van der Waals surface area contributed by atoms with E-state index in [9.17, 15) is 13.7 Å². The molecule has 18 heavy (non-hydrogen) atoms. The predicted molar refractivity (Wildman–Crippen MR) is 68.8 cm³/mol. The van der Waals surface area contributed by atoms with Gasteiger partial charge in [0.2, 0.25) is 0 Å². The lowest BCUT2D eigenvalue weighted by Gasteiger charge is -2.34. The molecule has 0 amide bonds. The van der Waals surface area contributed by atoms with Crippen molar-refractivity contribution < 1.29 is 8.42 Å². The van der Waals surface area contributed by atoms with Crippen LogP contribution in [0.2, 0.25) is 0 Å². The number of rotatable bonds is 5. The Balaban J connectivity index is 1.98. The van der Waals surface area contributed by atoms with Crippen molar-refractivity contribution in [3.05, 3.63) is 0 Å². The molecule has 0 unspecified atom stereocenters. The second kappa shape index (κ2) is 5.16. The number of nitrogens with one attached hydrogen (secondary N) is 2. The lowest BCUT2D eigenvalue weighted by molar-refractivity contribution is 0.258. The van der Waals surface area contributed by atoms with E-state index in [0.717, 1.165) is 32.1 Å². The van der Waals surface area contributed by atoms with Crippen molar-refractivity contribution in [1.82, 2.24) is 9.44 Å². The topological polar surface area (TPSA) is 82.0 Å². The van der Waals surface area contributed by atoms with E-state index in [4.69, 9.17) is 0 Å². The van der Waals surface area contributed by atoms with Gasteiger partial charge in [-0.3, -0.25) is 0 Å². The van der Waals surface area contributed by atoms with Crippen LogP contribution in [0.5, 0.6) is 0 Å². The van der Waals surface area contributed by atoms with Crippen molar-refractivity contribution in [2.75, 3.05) is 0 Å². The summed E-state index contributed by atoms with van der Waals surface area (Å²) in [4.78, 5) is 0. The molecule has 2 rings (SSSR count). The van der Waals surface area contributed by atoms with Gasteiger partial charge in [-0.25, -0.2) is 0 Å². The molecule has 2 aliphatic carbocycles. The molecule has 0 radical (unpaired) electrons. The first-order valence-electron chi connectivity index (χ1n) is 6.71. The highest BCUT2D eigenvalue weighted by Crippen LogP contribution is 2.34. The van der Waals surface area contributed by atoms with E-state index in [1.54, 1.807) is 0 Å². The fourth-order valence-corrected chi connectivity index (χ4v) is 4.02. The van der Waals surface area contributed by atoms with E-state index < -0.39 is 15.7 Å². The van der Waals surface area contributed by atoms with Crippen molar-refractivity contribution in [3.63, 3.8) is 0 Å². The molecule has 2 N–H and O–H groups in total. The molecule has 0 atom stereocenters. The maximum atomic E-state index is 11.9. The van der Waals surface area contributed by atoms with Gasteiger partial charge in [0.05, 0.1) is 6.07 Å². The summed E-state index contributed by atoms with van der Waals surface area (Å²) in [6.07, 6.45) is 6.00. The average molecular weight is 271 g/mol. The van der Waals surface area contributed by atoms with Gasteiger partial charge < -0.3 is 0 Å². The fourth-order valence-electron chi connectivity index (χ4n) is 2.52. The second-order valence-electron chi connectivity index (χ2n) is 5.54. The molecule has 6 heteroatoms. The van der Waals surface area contributed by atoms with Crippen LogP contribution in [0.25, 0.3) is 0 Å². The Morgan fingerprint density at radius 3 is 2.33 bits per heavy atom. The summed E-state index contributed by atoms with van der Waals surface area (Å²) in [5.74, 6) is 0.632. The van der Waals surface area contributed by atoms with E-state index in [-0.39, 0.29) is 6.04 Å². The summed E-state index contributed by atoms with van der Waals surface area (Å²) in [6.45, 7) is 2.14. The van der Waals surface area contributed by atoms with Gasteiger partial charge in [0, 0.05) is 6.04 Å². The first-order valence-corrected chi connectivity index (χ1v) is 8.19. The Morgan fingerprint density at radius 1 is 1.28 bits per heavy atom. The number of nitrogens with zero attached hydrogens (tertiary/aromatic N) is 1. The molecule has 0 bridgehead atoms. The molecule has 0 saturated heterocycles. The zero-order valence-electron chi connectivity index (χ0n) is 10.8. The molecule has 2 saturated carbocycles. The summed E-state index contributed by atoms with van der Waals surface area (Å²) in [5, 5.41) is 9.31. The quantitative estimate of drug-likeness (QED) is 0.793. The van der Waals surface area contributed by atoms with Crippen molar-refractivity contribution >= 4 is 10.2 Å². The highest BCUT2D eigenvalue weighted by atomic mass is 32.2. The minimum atomic E-state index is -3.54. The summed E-state index contributed by atoms with van der Waals surface area (Å²) < 4.78 is 28.9. The molecule has 102 valence electrons. The minimum absolute atomic E-state index is 0.0743. The summed E-state index contributed by atoms with van der Waals surface area (Å²) >= 11 is 0. The molecule has 0 aliphatic heterocycles. The normalized spacial score (nSPS) is 33.0. The standard InChI is InChI=1S/C12H21N3O2S/c1-2-10-5-7-12(9-13,8-6-10)15-18(16,17)14-11-3-4-11/h10-11,14-15H,2-8H2,1H3. The van der Waals surface area contributed by atoms with Crippen molar-refractivity contribution in [3.8, 4) is 6.07 Å². The Morgan fingerprint density at radius 2 is 1.89 bits per heavy atom. The monoisotopic (exact) mass is 271 g/mol. The molecule has 0 aromatic rings. The Labute approximate surface area is 109 Å². The van der Waals surface area contributed by atoms with E-state index in [2.05, 4.69) is 22.4 Å². The third-order valence-corrected chi connectivity index (χ3v) is 5.28. The van der Waals surface area contributed by atoms with Gasteiger partial charge in [0.15, 0.2) is 0 Å². The fraction of sp³-hybridized carbons (Fsp3) is 0.917. The Hall–Kier alpha value is -0.640. The average Bonchev–Trinajstić information content (AvgIpc) is 3.12. The maximum Gasteiger partial charge on any atom is 0.278 e. The molecule has 0 heterocycles. The molecule has 0 spiro atoms. The Bertz CT molecular complexity index is 429. The largest absolute Gasteiger partial charge is 0.278 e. The van der Waals surface area contributed by atoms with Crippen LogP contribution in [0, 0.1) is 17.2 Å². The van der Waals surface area contributed by atoms with Crippen molar-refractivity contribution in [2.45, 2.75) is 63.5 Å². The van der Waals surface area contributed by atoms with Crippen LogP contribution in [-0.2, 0) is 10.2 Å². The lowest BCUT2D eigenvalue weighted by atomic mass is 9.77. The van der Waals surface area contributed by atoms with Crippen LogP contribution in [0.1, 0.15) is 51.9 Å². The van der Waals surface area contributed by atoms with Crippen LogP contribution < -0.4 is 9.44 Å². The highest BCUT2D eigenvalue weighted by molar-refractivity contribution is 7.87. The second-order valence-corrected chi connectivity index (χ2v) is 6.99. The Kier molecular flexibility index (Phi) is 3.95. The van der Waals surface area contributed by atoms with Gasteiger partial charge in [0.25, 0.3) is 10.2 Å². The van der Waals surface area contributed by atoms with Gasteiger partial charge in [-0.2, -0.15) is 23.1 Å². The summed E-state index contributed by atoms with van der Waals surface area (Å²) in [7, 11) is -3.54. The van der Waals surface area contributed by atoms with Crippen LogP contribution in [0.3, 0.4) is 0 Å². The summed E-state index contributed by atoms with van der Waals surface area (Å²) in [5.41, 5.74) is -0.896. The number of nitriles is 1. The van der Waals surface area contributed by atoms with E-state index >= 15 is 0 Å².